The summed E-state index contributed by atoms with van der Waals surface area (Å²) in [6.45, 7) is 0. The average Bonchev–Trinajstić information content (AvgIpc) is 3.78. The van der Waals surface area contributed by atoms with Gasteiger partial charge in [0.05, 0.1) is 17.9 Å². The van der Waals surface area contributed by atoms with Crippen LogP contribution in [-0.4, -0.2) is 53.1 Å². The number of rotatable bonds is 11. The number of hydrogen-bond donors (Lipinski definition) is 4. The van der Waals surface area contributed by atoms with Crippen molar-refractivity contribution in [3.63, 3.8) is 0 Å². The van der Waals surface area contributed by atoms with Crippen molar-refractivity contribution in [1.29, 1.82) is 0 Å². The molecule has 214 valence electrons. The smallest absolute Gasteiger partial charge is 0.322 e. The normalized spacial score (nSPS) is 18.1. The molecule has 0 radical (unpaired) electrons. The number of anilines is 3. The highest BCUT2D eigenvalue weighted by atomic mass is 35.5. The summed E-state index contributed by atoms with van der Waals surface area (Å²) in [7, 11) is -2.22. The summed E-state index contributed by atoms with van der Waals surface area (Å²) in [6.07, 6.45) is 3.66. The Morgan fingerprint density at radius 2 is 1.59 bits per heavy atom. The molecule has 0 atom stereocenters. The lowest BCUT2D eigenvalue weighted by Gasteiger charge is -2.19. The first-order valence-corrected chi connectivity index (χ1v) is 15.1. The first kappa shape index (κ1) is 27.2. The molecule has 12 nitrogen and oxygen atoms in total. The number of methoxy groups -OCH3 is 1. The summed E-state index contributed by atoms with van der Waals surface area (Å²) in [4.78, 5) is 38.6. The number of amides is 2. The molecular formula is C27H28ClN7O5S. The van der Waals surface area contributed by atoms with Crippen molar-refractivity contribution in [2.24, 2.45) is 0 Å². The van der Waals surface area contributed by atoms with Crippen molar-refractivity contribution >= 4 is 51.0 Å². The van der Waals surface area contributed by atoms with E-state index in [1.165, 1.54) is 7.11 Å². The maximum Gasteiger partial charge on any atom is 0.322 e. The Hall–Kier alpha value is -3.97. The van der Waals surface area contributed by atoms with Gasteiger partial charge < -0.3 is 20.7 Å². The molecule has 0 bridgehead atoms. The molecule has 41 heavy (non-hydrogen) atoms. The summed E-state index contributed by atoms with van der Waals surface area (Å²) < 4.78 is 31.7. The molecule has 14 heteroatoms. The lowest BCUT2D eigenvalue weighted by molar-refractivity contribution is -0.122. The number of carbonyl (C=O) groups is 2. The van der Waals surface area contributed by atoms with E-state index in [2.05, 4.69) is 35.6 Å². The monoisotopic (exact) mass is 597 g/mol. The van der Waals surface area contributed by atoms with Crippen LogP contribution in [0.25, 0.3) is 0 Å². The molecule has 3 aliphatic rings. The minimum atomic E-state index is -3.69. The Bertz CT molecular complexity index is 1600. The summed E-state index contributed by atoms with van der Waals surface area (Å²) >= 11 is 6.05. The van der Waals surface area contributed by atoms with Gasteiger partial charge >= 0.3 is 6.01 Å². The van der Waals surface area contributed by atoms with Gasteiger partial charge in [0.25, 0.3) is 11.8 Å². The minimum Gasteiger partial charge on any atom is -0.467 e. The van der Waals surface area contributed by atoms with Gasteiger partial charge in [-0.2, -0.15) is 15.0 Å². The van der Waals surface area contributed by atoms with Crippen molar-refractivity contribution < 1.29 is 22.7 Å². The second kappa shape index (κ2) is 10.1. The Morgan fingerprint density at radius 1 is 0.927 bits per heavy atom. The van der Waals surface area contributed by atoms with Gasteiger partial charge in [-0.25, -0.2) is 8.42 Å². The van der Waals surface area contributed by atoms with Gasteiger partial charge in [0.2, 0.25) is 21.9 Å². The van der Waals surface area contributed by atoms with Crippen LogP contribution in [0.4, 0.5) is 17.6 Å². The molecular weight excluding hydrogens is 570 g/mol. The maximum atomic E-state index is 12.9. The molecule has 3 aliphatic carbocycles. The fraction of sp³-hybridized carbons (Fsp3) is 0.370. The quantitative estimate of drug-likeness (QED) is 0.258. The van der Waals surface area contributed by atoms with Crippen LogP contribution in [-0.2, 0) is 20.4 Å². The van der Waals surface area contributed by atoms with Crippen LogP contribution in [0.15, 0.2) is 48.5 Å². The predicted molar refractivity (Wildman–Crippen MR) is 152 cm³/mol. The van der Waals surface area contributed by atoms with Crippen molar-refractivity contribution in [2.45, 2.75) is 54.9 Å². The third-order valence-corrected chi connectivity index (χ3v) is 9.51. The van der Waals surface area contributed by atoms with Crippen LogP contribution in [0.1, 0.15) is 54.4 Å². The number of sulfonamides is 1. The van der Waals surface area contributed by atoms with E-state index in [9.17, 15) is 18.0 Å². The molecule has 2 amide bonds. The zero-order valence-corrected chi connectivity index (χ0v) is 23.7. The van der Waals surface area contributed by atoms with Gasteiger partial charge in [-0.3, -0.25) is 14.3 Å². The van der Waals surface area contributed by atoms with Crippen molar-refractivity contribution in [1.82, 2.24) is 25.0 Å². The molecule has 1 aromatic heterocycles. The van der Waals surface area contributed by atoms with Gasteiger partial charge in [0.1, 0.15) is 5.54 Å². The molecule has 4 N–H and O–H groups in total. The van der Waals surface area contributed by atoms with Crippen molar-refractivity contribution in [3.8, 4) is 6.01 Å². The largest absolute Gasteiger partial charge is 0.467 e. The molecule has 3 aromatic rings. The third-order valence-electron chi connectivity index (χ3n) is 7.43. The lowest BCUT2D eigenvalue weighted by atomic mass is 10.1. The van der Waals surface area contributed by atoms with E-state index < -0.39 is 32.6 Å². The Kier molecular flexibility index (Phi) is 6.73. The van der Waals surface area contributed by atoms with Crippen LogP contribution in [0.5, 0.6) is 6.01 Å². The highest BCUT2D eigenvalue weighted by Gasteiger charge is 2.53. The molecule has 0 saturated heterocycles. The second-order valence-corrected chi connectivity index (χ2v) is 13.0. The van der Waals surface area contributed by atoms with Gasteiger partial charge in [0.15, 0.2) is 0 Å². The Balaban J connectivity index is 1.11. The molecule has 3 fully saturated rings. The van der Waals surface area contributed by atoms with Gasteiger partial charge in [-0.15, -0.1) is 0 Å². The summed E-state index contributed by atoms with van der Waals surface area (Å²) in [5.74, 6) is -0.569. The van der Waals surface area contributed by atoms with E-state index in [1.54, 1.807) is 24.3 Å². The van der Waals surface area contributed by atoms with Crippen LogP contribution < -0.4 is 25.4 Å². The number of nitrogens with zero attached hydrogens (tertiary/aromatic N) is 3. The van der Waals surface area contributed by atoms with E-state index in [0.717, 1.165) is 18.4 Å². The van der Waals surface area contributed by atoms with E-state index >= 15 is 0 Å². The second-order valence-electron chi connectivity index (χ2n) is 10.6. The zero-order chi connectivity index (χ0) is 28.8. The van der Waals surface area contributed by atoms with E-state index in [-0.39, 0.29) is 17.5 Å². The number of aromatic nitrogens is 3. The molecule has 3 saturated carbocycles. The van der Waals surface area contributed by atoms with E-state index in [0.29, 0.717) is 47.9 Å². The zero-order valence-electron chi connectivity index (χ0n) is 22.1. The number of hydrogen-bond acceptors (Lipinski definition) is 10. The third kappa shape index (κ3) is 5.91. The first-order chi connectivity index (χ1) is 19.6. The van der Waals surface area contributed by atoms with Crippen LogP contribution in [0.2, 0.25) is 5.02 Å². The highest BCUT2D eigenvalue weighted by molar-refractivity contribution is 7.91. The fourth-order valence-electron chi connectivity index (χ4n) is 4.50. The van der Waals surface area contributed by atoms with Gasteiger partial charge in [0, 0.05) is 16.3 Å². The molecule has 0 aliphatic heterocycles. The fourth-order valence-corrected chi connectivity index (χ4v) is 6.00. The molecule has 0 spiro atoms. The standard InChI is InChI=1S/C27H28ClN7O5S/c1-40-25-31-23(30-24(32-25)34-26(12-13-26)17-4-6-18(28)7-5-17)29-19-8-2-16(3-9-19)21(36)33-27(14-15-27)22(37)35-41(38,39)20-10-11-20/h2-9,20H,10-15H2,1H3,(H,33,36)(H,35,37)(H2,29,30,31,32,34). The number of halogens is 1. The van der Waals surface area contributed by atoms with Crippen molar-refractivity contribution in [2.75, 3.05) is 17.7 Å². The summed E-state index contributed by atoms with van der Waals surface area (Å²) in [5.41, 5.74) is 0.509. The molecule has 2 aromatic carbocycles. The Labute approximate surface area is 241 Å². The van der Waals surface area contributed by atoms with E-state index in [4.69, 9.17) is 16.3 Å². The Morgan fingerprint density at radius 3 is 2.17 bits per heavy atom. The van der Waals surface area contributed by atoms with Gasteiger partial charge in [-0.05, 0) is 80.5 Å². The number of nitrogens with one attached hydrogen (secondary N) is 4. The number of carbonyl (C=O) groups excluding carboxylic acids is 2. The molecule has 0 unspecified atom stereocenters. The predicted octanol–water partition coefficient (Wildman–Crippen LogP) is 3.25. The van der Waals surface area contributed by atoms with Crippen molar-refractivity contribution in [3.05, 3.63) is 64.7 Å². The number of ether oxygens (including phenoxy) is 1. The van der Waals surface area contributed by atoms with Gasteiger partial charge in [-0.1, -0.05) is 23.7 Å². The molecule has 1 heterocycles. The van der Waals surface area contributed by atoms with Crippen LogP contribution >= 0.6 is 11.6 Å². The lowest BCUT2D eigenvalue weighted by Crippen LogP contribution is -2.51. The minimum absolute atomic E-state index is 0.129. The van der Waals surface area contributed by atoms with Crippen LogP contribution in [0, 0.1) is 0 Å². The highest BCUT2D eigenvalue weighted by Crippen LogP contribution is 2.48. The number of benzene rings is 2. The average molecular weight is 598 g/mol. The summed E-state index contributed by atoms with van der Waals surface area (Å²) in [5, 5.41) is 9.34. The van der Waals surface area contributed by atoms with E-state index in [1.807, 2.05) is 24.3 Å². The molecule has 6 rings (SSSR count). The topological polar surface area (TPSA) is 164 Å². The van der Waals surface area contributed by atoms with Crippen LogP contribution in [0.3, 0.4) is 0 Å². The SMILES string of the molecule is COc1nc(Nc2ccc(C(=O)NC3(C(=O)NS(=O)(=O)C4CC4)CC3)cc2)nc(NC2(c3ccc(Cl)cc3)CC2)n1. The summed E-state index contributed by atoms with van der Waals surface area (Å²) in [6, 6.07) is 14.3. The first-order valence-electron chi connectivity index (χ1n) is 13.2. The maximum absolute atomic E-state index is 12.9.